The molecule has 3 nitrogen and oxygen atoms in total. The molecule has 0 radical (unpaired) electrons. The number of aliphatic hydroxyl groups excluding tert-OH is 1. The van der Waals surface area contributed by atoms with Crippen molar-refractivity contribution in [1.29, 1.82) is 0 Å². The minimum Gasteiger partial charge on any atom is -0.493 e. The average Bonchev–Trinajstić information content (AvgIpc) is 3.01. The quantitative estimate of drug-likeness (QED) is 0.820. The van der Waals surface area contributed by atoms with Gasteiger partial charge in [-0.1, -0.05) is 30.3 Å². The predicted octanol–water partition coefficient (Wildman–Crippen LogP) is 3.10. The summed E-state index contributed by atoms with van der Waals surface area (Å²) in [7, 11) is 0. The summed E-state index contributed by atoms with van der Waals surface area (Å²) in [6, 6.07) is 15.2. The summed E-state index contributed by atoms with van der Waals surface area (Å²) in [5.74, 6) is 0.525. The minimum absolute atomic E-state index is 0.231. The van der Waals surface area contributed by atoms with E-state index < -0.39 is 0 Å². The molecule has 128 valence electrons. The fraction of sp³-hybridized carbons (Fsp3) is 0.400. The molecule has 4 heteroatoms. The second-order valence-corrected chi connectivity index (χ2v) is 6.37. The van der Waals surface area contributed by atoms with Crippen LogP contribution in [0.2, 0.25) is 0 Å². The topological polar surface area (TPSA) is 41.5 Å². The Hall–Kier alpha value is -1.91. The number of hydrogen-bond donors (Lipinski definition) is 2. The molecule has 0 aromatic heterocycles. The molecule has 1 aliphatic rings. The van der Waals surface area contributed by atoms with Crippen LogP contribution in [0, 0.1) is 5.82 Å². The van der Waals surface area contributed by atoms with Crippen LogP contribution in [0.5, 0.6) is 5.75 Å². The molecular formula is C20H24FNO2. The highest BCUT2D eigenvalue weighted by molar-refractivity contribution is 5.35. The van der Waals surface area contributed by atoms with E-state index in [4.69, 9.17) is 4.74 Å². The van der Waals surface area contributed by atoms with Crippen molar-refractivity contribution in [3.05, 3.63) is 65.5 Å². The van der Waals surface area contributed by atoms with Crippen LogP contribution in [-0.2, 0) is 12.8 Å². The van der Waals surface area contributed by atoms with Crippen LogP contribution in [0.1, 0.15) is 24.0 Å². The SMILES string of the molecule is O[C@H]1CN[C@@H](CCOc2ccc(F)cc2CCc2ccccc2)C1. The van der Waals surface area contributed by atoms with Gasteiger partial charge in [0.05, 0.1) is 12.7 Å². The molecule has 1 saturated heterocycles. The Balaban J connectivity index is 1.56. The van der Waals surface area contributed by atoms with Gasteiger partial charge >= 0.3 is 0 Å². The Morgan fingerprint density at radius 1 is 1.12 bits per heavy atom. The summed E-state index contributed by atoms with van der Waals surface area (Å²) >= 11 is 0. The van der Waals surface area contributed by atoms with Crippen molar-refractivity contribution in [3.63, 3.8) is 0 Å². The van der Waals surface area contributed by atoms with Gasteiger partial charge in [-0.2, -0.15) is 0 Å². The van der Waals surface area contributed by atoms with Crippen LogP contribution in [0.15, 0.2) is 48.5 Å². The van der Waals surface area contributed by atoms with Crippen molar-refractivity contribution < 1.29 is 14.2 Å². The molecule has 0 aliphatic carbocycles. The Morgan fingerprint density at radius 3 is 2.71 bits per heavy atom. The predicted molar refractivity (Wildman–Crippen MR) is 92.8 cm³/mol. The maximum absolute atomic E-state index is 13.6. The minimum atomic E-state index is -0.248. The van der Waals surface area contributed by atoms with E-state index in [1.807, 2.05) is 18.2 Å². The Morgan fingerprint density at radius 2 is 1.96 bits per heavy atom. The molecule has 3 rings (SSSR count). The number of β-amino-alcohol motifs (C(OH)–C–C–N with tert-alkyl or cyclic N) is 1. The maximum Gasteiger partial charge on any atom is 0.123 e. The first-order valence-electron chi connectivity index (χ1n) is 8.57. The van der Waals surface area contributed by atoms with Crippen molar-refractivity contribution in [2.24, 2.45) is 0 Å². The maximum atomic E-state index is 13.6. The molecule has 2 aromatic carbocycles. The largest absolute Gasteiger partial charge is 0.493 e. The molecule has 0 spiro atoms. The van der Waals surface area contributed by atoms with Crippen molar-refractivity contribution >= 4 is 0 Å². The standard InChI is InChI=1S/C20H24FNO2/c21-17-8-9-20(24-11-10-18-13-19(23)14-22-18)16(12-17)7-6-15-4-2-1-3-5-15/h1-5,8-9,12,18-19,22-23H,6-7,10-11,13-14H2/t18-,19+/m0/s1. The molecule has 2 aromatic rings. The smallest absolute Gasteiger partial charge is 0.123 e. The van der Waals surface area contributed by atoms with E-state index in [9.17, 15) is 9.50 Å². The lowest BCUT2D eigenvalue weighted by atomic mass is 10.0. The van der Waals surface area contributed by atoms with Gasteiger partial charge in [0.25, 0.3) is 0 Å². The van der Waals surface area contributed by atoms with Gasteiger partial charge in [0, 0.05) is 12.6 Å². The third-order valence-electron chi connectivity index (χ3n) is 4.47. The molecule has 0 saturated carbocycles. The van der Waals surface area contributed by atoms with Crippen LogP contribution < -0.4 is 10.1 Å². The van der Waals surface area contributed by atoms with E-state index in [0.717, 1.165) is 37.0 Å². The van der Waals surface area contributed by atoms with Gasteiger partial charge in [-0.05, 0) is 55.0 Å². The molecule has 2 atom stereocenters. The molecule has 1 aliphatic heterocycles. The summed E-state index contributed by atoms with van der Waals surface area (Å²) < 4.78 is 19.5. The second kappa shape index (κ2) is 8.27. The van der Waals surface area contributed by atoms with Gasteiger partial charge in [-0.3, -0.25) is 0 Å². The molecular weight excluding hydrogens is 305 g/mol. The lowest BCUT2D eigenvalue weighted by molar-refractivity contribution is 0.191. The Labute approximate surface area is 142 Å². The van der Waals surface area contributed by atoms with E-state index in [-0.39, 0.29) is 11.9 Å². The molecule has 2 N–H and O–H groups in total. The highest BCUT2D eigenvalue weighted by atomic mass is 19.1. The lowest BCUT2D eigenvalue weighted by Gasteiger charge is -2.14. The van der Waals surface area contributed by atoms with Crippen LogP contribution in [0.4, 0.5) is 4.39 Å². The van der Waals surface area contributed by atoms with E-state index in [0.29, 0.717) is 19.2 Å². The normalized spacial score (nSPS) is 20.2. The Bertz CT molecular complexity index is 647. The monoisotopic (exact) mass is 329 g/mol. The zero-order valence-corrected chi connectivity index (χ0v) is 13.7. The number of aliphatic hydroxyl groups is 1. The number of aryl methyl sites for hydroxylation is 2. The number of benzene rings is 2. The molecule has 0 unspecified atom stereocenters. The molecule has 24 heavy (non-hydrogen) atoms. The first-order valence-corrected chi connectivity index (χ1v) is 8.57. The number of rotatable bonds is 7. The molecule has 1 fully saturated rings. The van der Waals surface area contributed by atoms with Gasteiger partial charge in [0.2, 0.25) is 0 Å². The summed E-state index contributed by atoms with van der Waals surface area (Å²) in [5, 5.41) is 12.8. The molecule has 0 amide bonds. The first-order chi connectivity index (χ1) is 11.7. The summed E-state index contributed by atoms with van der Waals surface area (Å²) in [6.45, 7) is 1.22. The number of hydrogen-bond acceptors (Lipinski definition) is 3. The van der Waals surface area contributed by atoms with Crippen molar-refractivity contribution in [3.8, 4) is 5.75 Å². The highest BCUT2D eigenvalue weighted by Crippen LogP contribution is 2.22. The van der Waals surface area contributed by atoms with Crippen molar-refractivity contribution in [2.75, 3.05) is 13.2 Å². The van der Waals surface area contributed by atoms with E-state index >= 15 is 0 Å². The fourth-order valence-electron chi connectivity index (χ4n) is 3.14. The first kappa shape index (κ1) is 16.9. The highest BCUT2D eigenvalue weighted by Gasteiger charge is 2.21. The van der Waals surface area contributed by atoms with Gasteiger partial charge in [0.15, 0.2) is 0 Å². The van der Waals surface area contributed by atoms with Crippen LogP contribution in [0.3, 0.4) is 0 Å². The third-order valence-corrected chi connectivity index (χ3v) is 4.47. The van der Waals surface area contributed by atoms with Gasteiger partial charge in [-0.25, -0.2) is 4.39 Å². The Kier molecular flexibility index (Phi) is 5.83. The van der Waals surface area contributed by atoms with Crippen LogP contribution in [-0.4, -0.2) is 30.4 Å². The number of halogens is 1. The average molecular weight is 329 g/mol. The molecule has 0 bridgehead atoms. The van der Waals surface area contributed by atoms with Crippen LogP contribution >= 0.6 is 0 Å². The zero-order valence-electron chi connectivity index (χ0n) is 13.7. The van der Waals surface area contributed by atoms with E-state index in [2.05, 4.69) is 17.4 Å². The fourth-order valence-corrected chi connectivity index (χ4v) is 3.14. The van der Waals surface area contributed by atoms with Crippen LogP contribution in [0.25, 0.3) is 0 Å². The lowest BCUT2D eigenvalue weighted by Crippen LogP contribution is -2.23. The summed E-state index contributed by atoms with van der Waals surface area (Å²) in [6.07, 6.45) is 2.97. The van der Waals surface area contributed by atoms with E-state index in [1.165, 1.54) is 11.6 Å². The van der Waals surface area contributed by atoms with Gasteiger partial charge in [0.1, 0.15) is 11.6 Å². The van der Waals surface area contributed by atoms with Gasteiger partial charge in [-0.15, -0.1) is 0 Å². The van der Waals surface area contributed by atoms with Crippen molar-refractivity contribution in [1.82, 2.24) is 5.32 Å². The third kappa shape index (κ3) is 4.79. The number of nitrogens with one attached hydrogen (secondary N) is 1. The summed E-state index contributed by atoms with van der Waals surface area (Å²) in [5.41, 5.74) is 2.13. The van der Waals surface area contributed by atoms with Crippen molar-refractivity contribution in [2.45, 2.75) is 37.8 Å². The number of ether oxygens (including phenoxy) is 1. The van der Waals surface area contributed by atoms with E-state index in [1.54, 1.807) is 12.1 Å². The van der Waals surface area contributed by atoms with Gasteiger partial charge < -0.3 is 15.2 Å². The zero-order chi connectivity index (χ0) is 16.8. The second-order valence-electron chi connectivity index (χ2n) is 6.37. The summed E-state index contributed by atoms with van der Waals surface area (Å²) in [4.78, 5) is 0. The molecule has 1 heterocycles.